The van der Waals surface area contributed by atoms with Crippen LogP contribution in [0.5, 0.6) is 0 Å². The highest BCUT2D eigenvalue weighted by atomic mass is 32.1. The lowest BCUT2D eigenvalue weighted by Gasteiger charge is -2.36. The molecule has 11 aromatic carbocycles. The minimum Gasteiger partial charge on any atom is -0.355 e. The summed E-state index contributed by atoms with van der Waals surface area (Å²) in [6.07, 6.45) is 0. The molecule has 1 aliphatic rings. The summed E-state index contributed by atoms with van der Waals surface area (Å²) < 4.78 is 2.53. The van der Waals surface area contributed by atoms with Gasteiger partial charge >= 0.3 is 0 Å². The number of fused-ring (bicyclic) bond motifs is 6. The number of para-hydroxylation sites is 2. The van der Waals surface area contributed by atoms with Crippen molar-refractivity contribution in [3.63, 3.8) is 0 Å². The van der Waals surface area contributed by atoms with Gasteiger partial charge < -0.3 is 15.1 Å². The van der Waals surface area contributed by atoms with Gasteiger partial charge in [-0.1, -0.05) is 187 Å². The van der Waals surface area contributed by atoms with Gasteiger partial charge in [0.05, 0.1) is 5.69 Å². The van der Waals surface area contributed by atoms with Crippen LogP contribution in [0, 0.1) is 0 Å². The summed E-state index contributed by atoms with van der Waals surface area (Å²) in [7, 11) is 0.746. The first kappa shape index (κ1) is 42.2. The predicted octanol–water partition coefficient (Wildman–Crippen LogP) is 17.1. The highest BCUT2D eigenvalue weighted by Crippen LogP contribution is 2.49. The van der Waals surface area contributed by atoms with Crippen molar-refractivity contribution in [2.24, 2.45) is 0 Å². The van der Waals surface area contributed by atoms with Gasteiger partial charge in [0.2, 0.25) is 0 Å². The van der Waals surface area contributed by atoms with Gasteiger partial charge in [0.15, 0.2) is 7.28 Å². The second kappa shape index (κ2) is 18.2. The summed E-state index contributed by atoms with van der Waals surface area (Å²) >= 11 is 1.88. The van der Waals surface area contributed by atoms with Crippen molar-refractivity contribution in [3.05, 3.63) is 267 Å². The zero-order valence-electron chi connectivity index (χ0n) is 38.9. The minimum absolute atomic E-state index is 0.746. The average Bonchev–Trinajstić information content (AvgIpc) is 3.83. The van der Waals surface area contributed by atoms with Crippen molar-refractivity contribution in [2.45, 2.75) is 0 Å². The van der Waals surface area contributed by atoms with E-state index in [-0.39, 0.29) is 0 Å². The smallest absolute Gasteiger partial charge is 0.198 e. The summed E-state index contributed by atoms with van der Waals surface area (Å²) in [5.74, 6) is 0. The van der Waals surface area contributed by atoms with E-state index in [2.05, 4.69) is 282 Å². The average molecular weight is 924 g/mol. The normalized spacial score (nSPS) is 11.7. The molecule has 0 radical (unpaired) electrons. The van der Waals surface area contributed by atoms with Crippen LogP contribution >= 0.6 is 11.3 Å². The summed E-state index contributed by atoms with van der Waals surface area (Å²) in [6, 6.07) is 96.9. The van der Waals surface area contributed by atoms with Gasteiger partial charge in [-0.2, -0.15) is 0 Å². The van der Waals surface area contributed by atoms with Crippen LogP contribution in [0.1, 0.15) is 0 Å². The van der Waals surface area contributed by atoms with Crippen LogP contribution in [0.15, 0.2) is 267 Å². The number of benzene rings is 11. The van der Waals surface area contributed by atoms with E-state index < -0.39 is 0 Å². The molecule has 1 aliphatic heterocycles. The number of rotatable bonds is 10. The third-order valence-electron chi connectivity index (χ3n) is 13.8. The largest absolute Gasteiger partial charge is 0.355 e. The van der Waals surface area contributed by atoms with Crippen LogP contribution in [0.4, 0.5) is 45.5 Å². The Balaban J connectivity index is 1.07. The lowest BCUT2D eigenvalue weighted by molar-refractivity contribution is 1.28. The Hall–Kier alpha value is -8.90. The Kier molecular flexibility index (Phi) is 10.8. The van der Waals surface area contributed by atoms with Crippen molar-refractivity contribution in [1.82, 2.24) is 0 Å². The summed E-state index contributed by atoms with van der Waals surface area (Å²) in [5, 5.41) is 6.52. The third kappa shape index (κ3) is 7.93. The van der Waals surface area contributed by atoms with E-state index in [1.165, 1.54) is 81.4 Å². The molecule has 0 spiro atoms. The molecule has 0 aliphatic carbocycles. The molecule has 2 heterocycles. The number of nitrogens with one attached hydrogen (secondary N) is 1. The number of thiophene rings is 1. The molecule has 71 heavy (non-hydrogen) atoms. The minimum atomic E-state index is 0.746. The van der Waals surface area contributed by atoms with Crippen molar-refractivity contribution < 1.29 is 0 Å². The molecule has 334 valence electrons. The molecule has 0 unspecified atom stereocenters. The molecule has 0 saturated carbocycles. The van der Waals surface area contributed by atoms with Gasteiger partial charge in [-0.15, -0.1) is 11.3 Å². The highest BCUT2D eigenvalue weighted by Gasteiger charge is 2.32. The van der Waals surface area contributed by atoms with Crippen LogP contribution in [0.25, 0.3) is 64.7 Å². The maximum atomic E-state index is 3.96. The van der Waals surface area contributed by atoms with Crippen molar-refractivity contribution in [1.29, 1.82) is 0 Å². The van der Waals surface area contributed by atoms with E-state index in [9.17, 15) is 0 Å². The summed E-state index contributed by atoms with van der Waals surface area (Å²) in [6.45, 7) is 0. The van der Waals surface area contributed by atoms with E-state index in [1.54, 1.807) is 0 Å². The van der Waals surface area contributed by atoms with Crippen LogP contribution in [-0.4, -0.2) is 7.28 Å². The second-order valence-corrected chi connectivity index (χ2v) is 19.2. The van der Waals surface area contributed by atoms with E-state index in [0.717, 1.165) is 47.0 Å². The molecule has 5 heteroatoms. The van der Waals surface area contributed by atoms with E-state index in [1.807, 2.05) is 11.3 Å². The van der Waals surface area contributed by atoms with Crippen LogP contribution < -0.4 is 26.0 Å². The first-order valence-electron chi connectivity index (χ1n) is 24.3. The molecule has 12 aromatic rings. The zero-order chi connectivity index (χ0) is 47.1. The quantitative estimate of drug-likeness (QED) is 0.138. The molecule has 3 nitrogen and oxygen atoms in total. The molecular weight excluding hydrogens is 878 g/mol. The van der Waals surface area contributed by atoms with Gasteiger partial charge in [0.25, 0.3) is 0 Å². The Morgan fingerprint density at radius 3 is 1.54 bits per heavy atom. The van der Waals surface area contributed by atoms with Crippen LogP contribution in [0.2, 0.25) is 0 Å². The molecule has 0 saturated heterocycles. The van der Waals surface area contributed by atoms with Crippen LogP contribution in [0.3, 0.4) is 0 Å². The highest BCUT2D eigenvalue weighted by molar-refractivity contribution is 7.26. The predicted molar refractivity (Wildman–Crippen MR) is 307 cm³/mol. The number of hydrogen-bond donors (Lipinski definition) is 1. The second-order valence-electron chi connectivity index (χ2n) is 18.2. The van der Waals surface area contributed by atoms with E-state index in [4.69, 9.17) is 0 Å². The monoisotopic (exact) mass is 923 g/mol. The molecule has 0 atom stereocenters. The fourth-order valence-corrected chi connectivity index (χ4v) is 11.6. The lowest BCUT2D eigenvalue weighted by atomic mass is 9.57. The number of hydrogen-bond acceptors (Lipinski definition) is 4. The molecule has 0 fully saturated rings. The van der Waals surface area contributed by atoms with Crippen molar-refractivity contribution >= 4 is 95.2 Å². The molecular formula is C66H46BN3S. The summed E-state index contributed by atoms with van der Waals surface area (Å²) in [5.41, 5.74) is 21.0. The molecule has 0 bridgehead atoms. The number of anilines is 8. The molecule has 1 aromatic heterocycles. The number of nitrogens with zero attached hydrogens (tertiary/aromatic N) is 2. The standard InChI is InChI=1S/C66H46BN3S/c1-6-18-45(19-7-1)48-30-35-51(36-31-48)68-60-40-39-55(69(52-24-12-4-13-25-52)53-26-14-5-15-27-53)43-57(60)58-44-63-64(56-28-16-17-29-62(56)71-63)66-65(58)67-59-42-50(47-22-10-3-11-23-47)34-41-61(59)70(66)54-37-32-49(33-38-54)46-20-8-2-9-21-46/h1-44,67-68H. The molecule has 1 N–H and O–H groups in total. The van der Waals surface area contributed by atoms with Gasteiger partial charge in [-0.3, -0.25) is 0 Å². The molecule has 0 amide bonds. The first-order valence-corrected chi connectivity index (χ1v) is 25.1. The zero-order valence-corrected chi connectivity index (χ0v) is 39.7. The lowest BCUT2D eigenvalue weighted by Crippen LogP contribution is -2.41. The maximum absolute atomic E-state index is 3.96. The SMILES string of the molecule is B1c2cc(-c3ccccc3)ccc2N(c2ccc(-c3ccccc3)cc2)c2c1c(-c1cc(N(c3ccccc3)c3ccccc3)ccc1Nc1ccc(-c3ccccc3)cc1)cc1sc3ccccc3c21. The van der Waals surface area contributed by atoms with Gasteiger partial charge in [-0.25, -0.2) is 0 Å². The Morgan fingerprint density at radius 2 is 0.915 bits per heavy atom. The maximum Gasteiger partial charge on any atom is 0.198 e. The Bertz CT molecular complexity index is 3800. The summed E-state index contributed by atoms with van der Waals surface area (Å²) in [4.78, 5) is 4.93. The van der Waals surface area contributed by atoms with E-state index in [0.29, 0.717) is 0 Å². The fourth-order valence-electron chi connectivity index (χ4n) is 10.5. The van der Waals surface area contributed by atoms with Crippen molar-refractivity contribution in [2.75, 3.05) is 15.1 Å². The van der Waals surface area contributed by atoms with E-state index >= 15 is 0 Å². The third-order valence-corrected chi connectivity index (χ3v) is 15.0. The Morgan fingerprint density at radius 1 is 0.394 bits per heavy atom. The molecule has 13 rings (SSSR count). The topological polar surface area (TPSA) is 18.5 Å². The van der Waals surface area contributed by atoms with Gasteiger partial charge in [0, 0.05) is 65.5 Å². The van der Waals surface area contributed by atoms with Gasteiger partial charge in [-0.05, 0) is 129 Å². The van der Waals surface area contributed by atoms with Crippen molar-refractivity contribution in [3.8, 4) is 44.5 Å². The van der Waals surface area contributed by atoms with Crippen LogP contribution in [-0.2, 0) is 0 Å². The Labute approximate surface area is 419 Å². The first-order chi connectivity index (χ1) is 35.2. The fraction of sp³-hybridized carbons (Fsp3) is 0. The van der Waals surface area contributed by atoms with Gasteiger partial charge in [0.1, 0.15) is 0 Å².